The van der Waals surface area contributed by atoms with Gasteiger partial charge in [0.05, 0.1) is 11.7 Å². The van der Waals surface area contributed by atoms with Gasteiger partial charge in [-0.1, -0.05) is 35.9 Å². The molecule has 2 aromatic heterocycles. The number of aromatic nitrogens is 2. The number of imidazole rings is 1. The van der Waals surface area contributed by atoms with E-state index in [0.717, 1.165) is 44.9 Å². The van der Waals surface area contributed by atoms with Crippen LogP contribution in [0.15, 0.2) is 48.7 Å². The summed E-state index contributed by atoms with van der Waals surface area (Å²) in [6.07, 6.45) is 4.86. The Morgan fingerprint density at radius 3 is 2.66 bits per heavy atom. The van der Waals surface area contributed by atoms with E-state index in [1.807, 2.05) is 0 Å². The summed E-state index contributed by atoms with van der Waals surface area (Å²) in [5.41, 5.74) is 4.99. The third-order valence-electron chi connectivity index (χ3n) is 6.48. The summed E-state index contributed by atoms with van der Waals surface area (Å²) in [7, 11) is 2.24. The first-order valence-electron chi connectivity index (χ1n) is 10.9. The number of fused-ring (bicyclic) bond motifs is 1. The summed E-state index contributed by atoms with van der Waals surface area (Å²) in [4.78, 5) is 12.6. The number of rotatable bonds is 4. The number of hydrogen-bond donors (Lipinski definition) is 0. The van der Waals surface area contributed by atoms with Crippen LogP contribution in [-0.2, 0) is 6.54 Å². The fourth-order valence-corrected chi connectivity index (χ4v) is 4.84. The van der Waals surface area contributed by atoms with E-state index < -0.39 is 0 Å². The summed E-state index contributed by atoms with van der Waals surface area (Å²) in [6, 6.07) is 15.7. The molecule has 2 saturated heterocycles. The molecule has 0 amide bonds. The molecule has 0 aliphatic carbocycles. The number of likely N-dealkylation sites (N-methyl/N-ethyl adjacent to an activating group) is 1. The highest BCUT2D eigenvalue weighted by Crippen LogP contribution is 2.28. The van der Waals surface area contributed by atoms with Gasteiger partial charge in [0.2, 0.25) is 0 Å². The van der Waals surface area contributed by atoms with Gasteiger partial charge in [0.1, 0.15) is 11.5 Å². The number of aryl methyl sites for hydroxylation is 1. The van der Waals surface area contributed by atoms with E-state index in [4.69, 9.17) is 4.98 Å². The second kappa shape index (κ2) is 7.81. The van der Waals surface area contributed by atoms with Crippen molar-refractivity contribution in [2.45, 2.75) is 32.4 Å². The van der Waals surface area contributed by atoms with Gasteiger partial charge in [-0.05, 0) is 44.5 Å². The van der Waals surface area contributed by atoms with Crippen LogP contribution in [0.2, 0.25) is 0 Å². The van der Waals surface area contributed by atoms with Gasteiger partial charge in [-0.15, -0.1) is 0 Å². The van der Waals surface area contributed by atoms with Gasteiger partial charge in [-0.25, -0.2) is 4.98 Å². The molecule has 0 N–H and O–H groups in total. The maximum absolute atomic E-state index is 5.04. The molecule has 2 aliphatic heterocycles. The van der Waals surface area contributed by atoms with Gasteiger partial charge < -0.3 is 4.90 Å². The maximum Gasteiger partial charge on any atom is 0.138 e. The summed E-state index contributed by atoms with van der Waals surface area (Å²) in [5, 5.41) is 0. The van der Waals surface area contributed by atoms with Crippen LogP contribution in [0.1, 0.15) is 35.7 Å². The quantitative estimate of drug-likeness (QED) is 0.679. The lowest BCUT2D eigenvalue weighted by molar-refractivity contribution is 0.0885. The van der Waals surface area contributed by atoms with Crippen molar-refractivity contribution in [2.75, 3.05) is 44.7 Å². The van der Waals surface area contributed by atoms with Crippen molar-refractivity contribution >= 4 is 11.5 Å². The lowest BCUT2D eigenvalue weighted by Crippen LogP contribution is -2.46. The number of anilines is 1. The first-order chi connectivity index (χ1) is 14.2. The maximum atomic E-state index is 5.04. The first-order valence-corrected chi connectivity index (χ1v) is 10.9. The van der Waals surface area contributed by atoms with Crippen LogP contribution in [0, 0.1) is 6.92 Å². The SMILES string of the molecule is Cc1cccc(CN2CCN(C)[C@@H](c3cn4c(N5CCCC5)cccc4n3)C2)c1. The van der Waals surface area contributed by atoms with E-state index in [1.165, 1.54) is 35.5 Å². The lowest BCUT2D eigenvalue weighted by atomic mass is 10.1. The number of nitrogens with zero attached hydrogens (tertiary/aromatic N) is 5. The zero-order valence-electron chi connectivity index (χ0n) is 17.6. The Morgan fingerprint density at radius 2 is 1.83 bits per heavy atom. The number of benzene rings is 1. The molecule has 5 nitrogen and oxygen atoms in total. The molecule has 3 aromatic rings. The molecule has 0 unspecified atom stereocenters. The predicted molar refractivity (Wildman–Crippen MR) is 118 cm³/mol. The second-order valence-corrected chi connectivity index (χ2v) is 8.69. The van der Waals surface area contributed by atoms with Gasteiger partial charge in [0.15, 0.2) is 0 Å². The minimum Gasteiger partial charge on any atom is -0.358 e. The molecular weight excluding hydrogens is 358 g/mol. The smallest absolute Gasteiger partial charge is 0.138 e. The Labute approximate surface area is 173 Å². The fraction of sp³-hybridized carbons (Fsp3) is 0.458. The van der Waals surface area contributed by atoms with Crippen molar-refractivity contribution in [2.24, 2.45) is 0 Å². The molecule has 0 spiro atoms. The number of piperazine rings is 1. The van der Waals surface area contributed by atoms with Crippen molar-refractivity contribution < 1.29 is 0 Å². The predicted octanol–water partition coefficient (Wildman–Crippen LogP) is 3.73. The Bertz CT molecular complexity index is 988. The van der Waals surface area contributed by atoms with Gasteiger partial charge in [0.25, 0.3) is 0 Å². The van der Waals surface area contributed by atoms with Gasteiger partial charge >= 0.3 is 0 Å². The molecule has 4 heterocycles. The van der Waals surface area contributed by atoms with Crippen LogP contribution in [0.5, 0.6) is 0 Å². The normalized spacial score (nSPS) is 21.3. The number of hydrogen-bond acceptors (Lipinski definition) is 4. The lowest BCUT2D eigenvalue weighted by Gasteiger charge is -2.38. The van der Waals surface area contributed by atoms with Crippen molar-refractivity contribution in [3.8, 4) is 0 Å². The summed E-state index contributed by atoms with van der Waals surface area (Å²) >= 11 is 0. The van der Waals surface area contributed by atoms with E-state index in [2.05, 4.69) is 81.7 Å². The molecule has 0 radical (unpaired) electrons. The molecule has 1 aromatic carbocycles. The molecule has 29 heavy (non-hydrogen) atoms. The van der Waals surface area contributed by atoms with Crippen LogP contribution in [0.3, 0.4) is 0 Å². The van der Waals surface area contributed by atoms with Crippen LogP contribution in [0.4, 0.5) is 5.82 Å². The minimum absolute atomic E-state index is 0.333. The highest BCUT2D eigenvalue weighted by molar-refractivity contribution is 5.53. The zero-order chi connectivity index (χ0) is 19.8. The summed E-state index contributed by atoms with van der Waals surface area (Å²) in [5.74, 6) is 1.29. The fourth-order valence-electron chi connectivity index (χ4n) is 4.84. The molecule has 152 valence electrons. The standard InChI is InChI=1S/C24H31N5/c1-19-7-5-8-20(15-19)16-27-14-13-26(2)22(18-27)21-17-29-23(25-21)9-6-10-24(29)28-11-3-4-12-28/h5-10,15,17,22H,3-4,11-14,16,18H2,1-2H3/t22-/m1/s1. The van der Waals surface area contributed by atoms with Crippen molar-refractivity contribution in [1.82, 2.24) is 19.2 Å². The van der Waals surface area contributed by atoms with Crippen LogP contribution in [0.25, 0.3) is 5.65 Å². The molecule has 0 bridgehead atoms. The van der Waals surface area contributed by atoms with Crippen LogP contribution < -0.4 is 4.90 Å². The van der Waals surface area contributed by atoms with E-state index in [9.17, 15) is 0 Å². The van der Waals surface area contributed by atoms with Gasteiger partial charge in [-0.3, -0.25) is 14.2 Å². The third-order valence-corrected chi connectivity index (χ3v) is 6.48. The highest BCUT2D eigenvalue weighted by Gasteiger charge is 2.28. The van der Waals surface area contributed by atoms with Crippen molar-refractivity contribution in [1.29, 1.82) is 0 Å². The second-order valence-electron chi connectivity index (χ2n) is 8.69. The van der Waals surface area contributed by atoms with E-state index in [0.29, 0.717) is 6.04 Å². The van der Waals surface area contributed by atoms with Crippen molar-refractivity contribution in [3.63, 3.8) is 0 Å². The highest BCUT2D eigenvalue weighted by atomic mass is 15.3. The Hall–Kier alpha value is -2.37. The summed E-state index contributed by atoms with van der Waals surface area (Å²) in [6.45, 7) is 8.69. The first kappa shape index (κ1) is 18.6. The monoisotopic (exact) mass is 389 g/mol. The molecule has 0 saturated carbocycles. The minimum atomic E-state index is 0.333. The average Bonchev–Trinajstić information content (AvgIpc) is 3.39. The summed E-state index contributed by atoms with van der Waals surface area (Å²) < 4.78 is 2.30. The Kier molecular flexibility index (Phi) is 5.02. The zero-order valence-corrected chi connectivity index (χ0v) is 17.6. The molecular formula is C24H31N5. The largest absolute Gasteiger partial charge is 0.358 e. The topological polar surface area (TPSA) is 27.0 Å². The van der Waals surface area contributed by atoms with Crippen LogP contribution in [-0.4, -0.2) is 59.0 Å². The van der Waals surface area contributed by atoms with E-state index in [-0.39, 0.29) is 0 Å². The Balaban J connectivity index is 1.40. The molecule has 2 aliphatic rings. The van der Waals surface area contributed by atoms with E-state index >= 15 is 0 Å². The number of pyridine rings is 1. The Morgan fingerprint density at radius 1 is 1.00 bits per heavy atom. The molecule has 1 atom stereocenters. The molecule has 5 heteroatoms. The van der Waals surface area contributed by atoms with Crippen LogP contribution >= 0.6 is 0 Å². The average molecular weight is 390 g/mol. The molecule has 5 rings (SSSR count). The molecule has 2 fully saturated rings. The van der Waals surface area contributed by atoms with Gasteiger partial charge in [-0.2, -0.15) is 0 Å². The third kappa shape index (κ3) is 3.77. The van der Waals surface area contributed by atoms with Gasteiger partial charge in [0, 0.05) is 45.5 Å². The van der Waals surface area contributed by atoms with Crippen molar-refractivity contribution in [3.05, 3.63) is 65.5 Å². The van der Waals surface area contributed by atoms with E-state index in [1.54, 1.807) is 0 Å².